The van der Waals surface area contributed by atoms with Gasteiger partial charge < -0.3 is 4.74 Å². The summed E-state index contributed by atoms with van der Waals surface area (Å²) in [5, 5.41) is 0. The summed E-state index contributed by atoms with van der Waals surface area (Å²) in [6.07, 6.45) is 12.0. The van der Waals surface area contributed by atoms with Gasteiger partial charge in [-0.25, -0.2) is 0 Å². The summed E-state index contributed by atoms with van der Waals surface area (Å²) in [5.41, 5.74) is -0.199. The Hall–Kier alpha value is -0.100. The van der Waals surface area contributed by atoms with Gasteiger partial charge in [0.25, 0.3) is 0 Å². The van der Waals surface area contributed by atoms with E-state index in [1.807, 2.05) is 0 Å². The maximum absolute atomic E-state index is 12.6. The van der Waals surface area contributed by atoms with Crippen LogP contribution in [0.1, 0.15) is 98.3 Å². The lowest BCUT2D eigenvalue weighted by Crippen LogP contribution is -2.33. The molecule has 0 aliphatic carbocycles. The molecule has 0 saturated heterocycles. The van der Waals surface area contributed by atoms with Crippen LogP contribution in [-0.4, -0.2) is 12.6 Å². The molecule has 3 heteroatoms. The largest absolute Gasteiger partial charge is 0.465 e. The van der Waals surface area contributed by atoms with E-state index in [9.17, 15) is 4.79 Å². The van der Waals surface area contributed by atoms with Crippen LogP contribution in [0.25, 0.3) is 0 Å². The van der Waals surface area contributed by atoms with Crippen molar-refractivity contribution in [1.29, 1.82) is 0 Å². The lowest BCUT2D eigenvalue weighted by Gasteiger charge is -2.32. The minimum atomic E-state index is -0.199. The van der Waals surface area contributed by atoms with Crippen molar-refractivity contribution < 1.29 is 9.53 Å². The van der Waals surface area contributed by atoms with Crippen LogP contribution in [0.2, 0.25) is 0 Å². The van der Waals surface area contributed by atoms with Gasteiger partial charge in [-0.1, -0.05) is 72.6 Å². The topological polar surface area (TPSA) is 26.3 Å². The molecule has 0 aromatic carbocycles. The maximum Gasteiger partial charge on any atom is 0.312 e. The summed E-state index contributed by atoms with van der Waals surface area (Å²) in [4.78, 5) is 12.6. The van der Waals surface area contributed by atoms with Crippen LogP contribution in [-0.2, 0) is 9.53 Å². The number of rotatable bonds is 13. The second-order valence-electron chi connectivity index (χ2n) is 6.08. The van der Waals surface area contributed by atoms with Crippen LogP contribution in [0.5, 0.6) is 0 Å². The summed E-state index contributed by atoms with van der Waals surface area (Å²) < 4.78 is 5.60. The molecule has 0 aromatic heterocycles. The predicted molar refractivity (Wildman–Crippen MR) is 98.0 cm³/mol. The number of carbonyl (C=O) groups is 1. The number of hydrogen-bond donors (Lipinski definition) is 0. The Morgan fingerprint density at radius 1 is 0.762 bits per heavy atom. The number of ether oxygens (including phenoxy) is 1. The standard InChI is InChI=1S/C18H36O2.H3P/c1-5-9-13-18(14-10-6-2,15-11-7-3)17(19)20-16-12-8-4;/h5-16H2,1-4H3;1H3. The lowest BCUT2D eigenvalue weighted by atomic mass is 9.74. The number of unbranched alkanes of at least 4 members (excludes halogenated alkanes) is 4. The molecule has 2 nitrogen and oxygen atoms in total. The maximum atomic E-state index is 12.6. The Labute approximate surface area is 136 Å². The molecule has 1 atom stereocenters. The minimum Gasteiger partial charge on any atom is -0.465 e. The molecule has 0 radical (unpaired) electrons. The normalized spacial score (nSPS) is 11.0. The number of carbonyl (C=O) groups excluding carboxylic acids is 1. The van der Waals surface area contributed by atoms with Crippen molar-refractivity contribution in [2.24, 2.45) is 5.41 Å². The highest BCUT2D eigenvalue weighted by Crippen LogP contribution is 2.38. The molecule has 1 unspecified atom stereocenters. The van der Waals surface area contributed by atoms with E-state index < -0.39 is 0 Å². The summed E-state index contributed by atoms with van der Waals surface area (Å²) in [6.45, 7) is 9.33. The van der Waals surface area contributed by atoms with Gasteiger partial charge in [-0.05, 0) is 25.7 Å². The molecule has 0 aliphatic rings. The Bertz CT molecular complexity index is 220. The summed E-state index contributed by atoms with van der Waals surface area (Å²) in [5.74, 6) is 0.0845. The highest BCUT2D eigenvalue weighted by atomic mass is 31.0. The van der Waals surface area contributed by atoms with Crippen LogP contribution in [0, 0.1) is 5.41 Å². The highest BCUT2D eigenvalue weighted by Gasteiger charge is 2.37. The fourth-order valence-electron chi connectivity index (χ4n) is 2.69. The van der Waals surface area contributed by atoms with E-state index in [0.29, 0.717) is 6.61 Å². The molecule has 0 amide bonds. The van der Waals surface area contributed by atoms with E-state index in [1.165, 1.54) is 0 Å². The van der Waals surface area contributed by atoms with Crippen LogP contribution in [0.4, 0.5) is 0 Å². The first-order valence-electron chi connectivity index (χ1n) is 8.84. The van der Waals surface area contributed by atoms with E-state index >= 15 is 0 Å². The summed E-state index contributed by atoms with van der Waals surface area (Å²) in [6, 6.07) is 0. The molecule has 0 saturated carbocycles. The van der Waals surface area contributed by atoms with Crippen molar-refractivity contribution >= 4 is 15.9 Å². The average molecular weight is 318 g/mol. The molecule has 0 spiro atoms. The van der Waals surface area contributed by atoms with E-state index in [1.54, 1.807) is 0 Å². The molecule has 21 heavy (non-hydrogen) atoms. The van der Waals surface area contributed by atoms with E-state index in [-0.39, 0.29) is 21.3 Å². The molecule has 0 rings (SSSR count). The molecular weight excluding hydrogens is 279 g/mol. The van der Waals surface area contributed by atoms with Gasteiger partial charge in [-0.2, -0.15) is 9.90 Å². The van der Waals surface area contributed by atoms with Crippen molar-refractivity contribution in [3.8, 4) is 0 Å². The number of esters is 1. The van der Waals surface area contributed by atoms with Gasteiger partial charge in [0, 0.05) is 0 Å². The van der Waals surface area contributed by atoms with Crippen molar-refractivity contribution in [3.63, 3.8) is 0 Å². The molecule has 0 heterocycles. The Morgan fingerprint density at radius 3 is 1.48 bits per heavy atom. The predicted octanol–water partition coefficient (Wildman–Crippen LogP) is 5.94. The van der Waals surface area contributed by atoms with Crippen molar-refractivity contribution in [1.82, 2.24) is 0 Å². The fraction of sp³-hybridized carbons (Fsp3) is 0.944. The Morgan fingerprint density at radius 2 is 1.14 bits per heavy atom. The average Bonchev–Trinajstić information content (AvgIpc) is 2.47. The van der Waals surface area contributed by atoms with Crippen LogP contribution < -0.4 is 0 Å². The fourth-order valence-corrected chi connectivity index (χ4v) is 2.69. The smallest absolute Gasteiger partial charge is 0.312 e. The van der Waals surface area contributed by atoms with Gasteiger partial charge in [0.2, 0.25) is 0 Å². The SMILES string of the molecule is CCCCOC(=O)C(CCCC)(CCCC)CCCC.P. The molecule has 0 N–H and O–H groups in total. The minimum absolute atomic E-state index is 0. The van der Waals surface area contributed by atoms with Crippen LogP contribution in [0.15, 0.2) is 0 Å². The van der Waals surface area contributed by atoms with E-state index in [0.717, 1.165) is 70.6 Å². The first-order chi connectivity index (χ1) is 9.66. The zero-order valence-corrected chi connectivity index (χ0v) is 16.4. The Balaban J connectivity index is 0. The van der Waals surface area contributed by atoms with Gasteiger partial charge in [0.15, 0.2) is 0 Å². The van der Waals surface area contributed by atoms with Crippen molar-refractivity contribution in [3.05, 3.63) is 0 Å². The van der Waals surface area contributed by atoms with Gasteiger partial charge in [-0.15, -0.1) is 0 Å². The summed E-state index contributed by atoms with van der Waals surface area (Å²) >= 11 is 0. The molecule has 0 aromatic rings. The quantitative estimate of drug-likeness (QED) is 0.238. The second-order valence-corrected chi connectivity index (χ2v) is 6.08. The molecule has 0 fully saturated rings. The van der Waals surface area contributed by atoms with E-state index in [2.05, 4.69) is 27.7 Å². The molecule has 0 aliphatic heterocycles. The molecular formula is C18H39O2P. The summed E-state index contributed by atoms with van der Waals surface area (Å²) in [7, 11) is 0. The Kier molecular flexibility index (Phi) is 16.4. The lowest BCUT2D eigenvalue weighted by molar-refractivity contribution is -0.158. The second kappa shape index (κ2) is 14.8. The van der Waals surface area contributed by atoms with Crippen molar-refractivity contribution in [2.75, 3.05) is 6.61 Å². The van der Waals surface area contributed by atoms with E-state index in [4.69, 9.17) is 4.74 Å². The molecule has 128 valence electrons. The third-order valence-corrected chi connectivity index (χ3v) is 4.19. The zero-order valence-electron chi connectivity index (χ0n) is 15.0. The van der Waals surface area contributed by atoms with Gasteiger partial charge in [0.1, 0.15) is 0 Å². The molecule has 0 bridgehead atoms. The first kappa shape index (κ1) is 23.2. The van der Waals surface area contributed by atoms with Gasteiger partial charge in [0.05, 0.1) is 12.0 Å². The zero-order chi connectivity index (χ0) is 15.3. The monoisotopic (exact) mass is 318 g/mol. The van der Waals surface area contributed by atoms with Gasteiger partial charge in [-0.3, -0.25) is 4.79 Å². The third-order valence-electron chi connectivity index (χ3n) is 4.19. The third kappa shape index (κ3) is 9.51. The number of hydrogen-bond acceptors (Lipinski definition) is 2. The van der Waals surface area contributed by atoms with Crippen LogP contribution >= 0.6 is 9.90 Å². The first-order valence-corrected chi connectivity index (χ1v) is 8.84. The van der Waals surface area contributed by atoms with Gasteiger partial charge >= 0.3 is 5.97 Å². The van der Waals surface area contributed by atoms with Crippen molar-refractivity contribution in [2.45, 2.75) is 98.3 Å². The highest BCUT2D eigenvalue weighted by molar-refractivity contribution is 6.92. The van der Waals surface area contributed by atoms with Crippen LogP contribution in [0.3, 0.4) is 0 Å².